The number of hydrogen-bond acceptors (Lipinski definition) is 4. The van der Waals surface area contributed by atoms with Crippen molar-refractivity contribution >= 4 is 25.8 Å². The maximum Gasteiger partial charge on any atom is 0.410 e. The first kappa shape index (κ1) is 17.1. The number of unbranched alkanes of at least 4 members (excludes halogenated alkanes) is 1. The van der Waals surface area contributed by atoms with E-state index in [1.807, 2.05) is 30.3 Å². The molecule has 0 bridgehead atoms. The van der Waals surface area contributed by atoms with Crippen molar-refractivity contribution in [1.82, 2.24) is 4.90 Å². The van der Waals surface area contributed by atoms with E-state index < -0.39 is 9.05 Å². The summed E-state index contributed by atoms with van der Waals surface area (Å²) >= 11 is 0. The maximum atomic E-state index is 12.1. The molecule has 0 spiro atoms. The summed E-state index contributed by atoms with van der Waals surface area (Å²) in [5.74, 6) is -0.0634. The van der Waals surface area contributed by atoms with Gasteiger partial charge in [0.15, 0.2) is 0 Å². The van der Waals surface area contributed by atoms with Crippen LogP contribution in [0, 0.1) is 0 Å². The Bertz CT molecular complexity index is 587. The standard InChI is InChI=1S/C15H20ClNO4S/c16-22(19,20)11-5-4-10-17(14-8-9-14)15(18)21-12-13-6-2-1-3-7-13/h1-3,6-7,14H,4-5,8-12H2. The van der Waals surface area contributed by atoms with Crippen LogP contribution < -0.4 is 0 Å². The van der Waals surface area contributed by atoms with Crippen molar-refractivity contribution in [2.24, 2.45) is 0 Å². The summed E-state index contributed by atoms with van der Waals surface area (Å²) < 4.78 is 27.1. The summed E-state index contributed by atoms with van der Waals surface area (Å²) in [4.78, 5) is 13.8. The monoisotopic (exact) mass is 345 g/mol. The molecule has 1 aliphatic rings. The molecule has 22 heavy (non-hydrogen) atoms. The molecule has 0 unspecified atom stereocenters. The van der Waals surface area contributed by atoms with Crippen LogP contribution in [0.3, 0.4) is 0 Å². The van der Waals surface area contributed by atoms with Crippen molar-refractivity contribution in [3.05, 3.63) is 35.9 Å². The summed E-state index contributed by atoms with van der Waals surface area (Å²) in [6, 6.07) is 9.74. The molecule has 0 aromatic heterocycles. The number of hydrogen-bond donors (Lipinski definition) is 0. The predicted octanol–water partition coefficient (Wildman–Crippen LogP) is 3.14. The largest absolute Gasteiger partial charge is 0.445 e. The third kappa shape index (κ3) is 6.23. The van der Waals surface area contributed by atoms with Crippen LogP contribution in [0.4, 0.5) is 4.79 Å². The molecule has 0 N–H and O–H groups in total. The molecule has 1 aliphatic carbocycles. The van der Waals surface area contributed by atoms with Gasteiger partial charge in [-0.1, -0.05) is 30.3 Å². The van der Waals surface area contributed by atoms with Crippen LogP contribution in [0.15, 0.2) is 30.3 Å². The fraction of sp³-hybridized carbons (Fsp3) is 0.533. The lowest BCUT2D eigenvalue weighted by Crippen LogP contribution is -2.34. The van der Waals surface area contributed by atoms with Gasteiger partial charge in [-0.05, 0) is 31.2 Å². The number of amides is 1. The molecule has 7 heteroatoms. The van der Waals surface area contributed by atoms with E-state index in [1.54, 1.807) is 4.90 Å². The Kier molecular flexibility index (Phi) is 6.08. The molecule has 122 valence electrons. The van der Waals surface area contributed by atoms with Gasteiger partial charge in [0, 0.05) is 23.3 Å². The minimum Gasteiger partial charge on any atom is -0.445 e. The molecule has 0 aliphatic heterocycles. The molecular weight excluding hydrogens is 326 g/mol. The second-order valence-corrected chi connectivity index (χ2v) is 8.31. The number of ether oxygens (including phenoxy) is 1. The van der Waals surface area contributed by atoms with Gasteiger partial charge in [-0.15, -0.1) is 0 Å². The van der Waals surface area contributed by atoms with Gasteiger partial charge in [-0.3, -0.25) is 0 Å². The van der Waals surface area contributed by atoms with Crippen LogP contribution in [-0.4, -0.2) is 37.8 Å². The molecule has 1 saturated carbocycles. The van der Waals surface area contributed by atoms with Crippen molar-refractivity contribution in [2.75, 3.05) is 12.3 Å². The van der Waals surface area contributed by atoms with Crippen molar-refractivity contribution in [2.45, 2.75) is 38.3 Å². The lowest BCUT2D eigenvalue weighted by Gasteiger charge is -2.21. The highest BCUT2D eigenvalue weighted by Gasteiger charge is 2.33. The normalized spacial score (nSPS) is 14.6. The molecule has 1 aromatic carbocycles. The molecule has 2 rings (SSSR count). The average Bonchev–Trinajstić information content (AvgIpc) is 3.29. The van der Waals surface area contributed by atoms with Gasteiger partial charge in [0.2, 0.25) is 9.05 Å². The lowest BCUT2D eigenvalue weighted by atomic mass is 10.2. The van der Waals surface area contributed by atoms with Crippen LogP contribution in [0.2, 0.25) is 0 Å². The van der Waals surface area contributed by atoms with Crippen LogP contribution in [-0.2, 0) is 20.4 Å². The highest BCUT2D eigenvalue weighted by molar-refractivity contribution is 8.13. The highest BCUT2D eigenvalue weighted by Crippen LogP contribution is 2.28. The van der Waals surface area contributed by atoms with E-state index in [1.165, 1.54) is 0 Å². The topological polar surface area (TPSA) is 63.7 Å². The minimum atomic E-state index is -3.46. The number of benzene rings is 1. The molecule has 0 heterocycles. The zero-order chi connectivity index (χ0) is 16.0. The summed E-state index contributed by atoms with van der Waals surface area (Å²) in [7, 11) is 1.71. The van der Waals surface area contributed by atoms with E-state index in [0.717, 1.165) is 18.4 Å². The Labute approximate surface area is 135 Å². The third-order valence-electron chi connectivity index (χ3n) is 3.46. The molecule has 0 radical (unpaired) electrons. The summed E-state index contributed by atoms with van der Waals surface area (Å²) in [6.07, 6.45) is 2.67. The third-order valence-corrected chi connectivity index (χ3v) is 4.70. The summed E-state index contributed by atoms with van der Waals surface area (Å²) in [5, 5.41) is 0. The lowest BCUT2D eigenvalue weighted by molar-refractivity contribution is 0.0931. The molecular formula is C15H20ClNO4S. The number of carbonyl (C=O) groups is 1. The van der Waals surface area contributed by atoms with Gasteiger partial charge < -0.3 is 9.64 Å². The predicted molar refractivity (Wildman–Crippen MR) is 85.2 cm³/mol. The van der Waals surface area contributed by atoms with Crippen LogP contribution >= 0.6 is 10.7 Å². The van der Waals surface area contributed by atoms with E-state index in [2.05, 4.69) is 0 Å². The Hall–Kier alpha value is -1.27. The Morgan fingerprint density at radius 2 is 1.91 bits per heavy atom. The summed E-state index contributed by atoms with van der Waals surface area (Å²) in [6.45, 7) is 0.754. The molecule has 0 saturated heterocycles. The first-order valence-electron chi connectivity index (χ1n) is 7.35. The number of nitrogens with zero attached hydrogens (tertiary/aromatic N) is 1. The molecule has 1 fully saturated rings. The van der Waals surface area contributed by atoms with Gasteiger partial charge in [0.1, 0.15) is 6.61 Å². The van der Waals surface area contributed by atoms with Crippen molar-refractivity contribution in [1.29, 1.82) is 0 Å². The smallest absolute Gasteiger partial charge is 0.410 e. The average molecular weight is 346 g/mol. The van der Waals surface area contributed by atoms with Gasteiger partial charge in [-0.2, -0.15) is 0 Å². The zero-order valence-corrected chi connectivity index (χ0v) is 13.9. The Balaban J connectivity index is 1.76. The fourth-order valence-electron chi connectivity index (χ4n) is 2.17. The second-order valence-electron chi connectivity index (χ2n) is 5.41. The van der Waals surface area contributed by atoms with Crippen LogP contribution in [0.25, 0.3) is 0 Å². The van der Waals surface area contributed by atoms with Gasteiger partial charge >= 0.3 is 6.09 Å². The Morgan fingerprint density at radius 1 is 1.23 bits per heavy atom. The van der Waals surface area contributed by atoms with Gasteiger partial charge in [-0.25, -0.2) is 13.2 Å². The SMILES string of the molecule is O=C(OCc1ccccc1)N(CCCCS(=O)(=O)Cl)C1CC1. The number of carbonyl (C=O) groups excluding carboxylic acids is 1. The van der Waals surface area contributed by atoms with Crippen LogP contribution in [0.1, 0.15) is 31.2 Å². The molecule has 1 aromatic rings. The van der Waals surface area contributed by atoms with Crippen LogP contribution in [0.5, 0.6) is 0 Å². The first-order chi connectivity index (χ1) is 10.5. The van der Waals surface area contributed by atoms with Gasteiger partial charge in [0.25, 0.3) is 0 Å². The zero-order valence-electron chi connectivity index (χ0n) is 12.3. The fourth-order valence-corrected chi connectivity index (χ4v) is 3.04. The minimum absolute atomic E-state index is 0.0634. The number of rotatable bonds is 8. The van der Waals surface area contributed by atoms with Crippen molar-refractivity contribution in [3.8, 4) is 0 Å². The molecule has 0 atom stereocenters. The van der Waals surface area contributed by atoms with Crippen molar-refractivity contribution < 1.29 is 17.9 Å². The summed E-state index contributed by atoms with van der Waals surface area (Å²) in [5.41, 5.74) is 0.944. The Morgan fingerprint density at radius 3 is 2.50 bits per heavy atom. The van der Waals surface area contributed by atoms with Gasteiger partial charge in [0.05, 0.1) is 5.75 Å². The van der Waals surface area contributed by atoms with Crippen molar-refractivity contribution in [3.63, 3.8) is 0 Å². The highest BCUT2D eigenvalue weighted by atomic mass is 35.7. The number of halogens is 1. The first-order valence-corrected chi connectivity index (χ1v) is 9.83. The molecule has 1 amide bonds. The quantitative estimate of drug-likeness (QED) is 0.536. The second kappa shape index (κ2) is 7.83. The van der Waals surface area contributed by atoms with E-state index in [9.17, 15) is 13.2 Å². The molecule has 5 nitrogen and oxygen atoms in total. The van der Waals surface area contributed by atoms with E-state index in [4.69, 9.17) is 15.4 Å². The van der Waals surface area contributed by atoms with E-state index in [0.29, 0.717) is 19.4 Å². The van der Waals surface area contributed by atoms with E-state index >= 15 is 0 Å². The maximum absolute atomic E-state index is 12.1. The van der Waals surface area contributed by atoms with E-state index in [-0.39, 0.29) is 24.5 Å².